The van der Waals surface area contributed by atoms with E-state index in [2.05, 4.69) is 0 Å². The Morgan fingerprint density at radius 1 is 1.30 bits per heavy atom. The highest BCUT2D eigenvalue weighted by molar-refractivity contribution is 7.89. The topological polar surface area (TPSA) is 63.4 Å². The first-order valence-corrected chi connectivity index (χ1v) is 8.58. The Morgan fingerprint density at radius 2 is 1.95 bits per heavy atom. The van der Waals surface area contributed by atoms with Crippen LogP contribution in [0.3, 0.4) is 0 Å². The van der Waals surface area contributed by atoms with Crippen LogP contribution in [-0.4, -0.2) is 43.8 Å². The lowest BCUT2D eigenvalue weighted by atomic mass is 10.0. The van der Waals surface area contributed by atoms with E-state index in [9.17, 15) is 21.6 Å². The second-order valence-electron chi connectivity index (χ2n) is 5.23. The summed E-state index contributed by atoms with van der Waals surface area (Å²) < 4.78 is 62.1. The van der Waals surface area contributed by atoms with Gasteiger partial charge < -0.3 is 5.73 Å². The first kappa shape index (κ1) is 17.7. The minimum absolute atomic E-state index is 0.118. The van der Waals surface area contributed by atoms with Crippen molar-refractivity contribution in [3.8, 4) is 0 Å². The predicted octanol–water partition coefficient (Wildman–Crippen LogP) is 2.11. The highest BCUT2D eigenvalue weighted by atomic mass is 32.2. The lowest BCUT2D eigenvalue weighted by Gasteiger charge is -2.31. The maximum Gasteiger partial charge on any atom is 0.389 e. The summed E-state index contributed by atoms with van der Waals surface area (Å²) in [4.78, 5) is 0. The fraction of sp³-hybridized carbons (Fsp3) is 1.00. The minimum atomic E-state index is -4.31. The molecule has 0 heterocycles. The monoisotopic (exact) mass is 316 g/mol. The van der Waals surface area contributed by atoms with Gasteiger partial charge in [0.05, 0.1) is 5.75 Å². The van der Waals surface area contributed by atoms with Gasteiger partial charge in [-0.15, -0.1) is 0 Å². The van der Waals surface area contributed by atoms with Crippen LogP contribution in [0.15, 0.2) is 0 Å². The molecule has 0 aromatic heterocycles. The Morgan fingerprint density at radius 3 is 2.45 bits per heavy atom. The molecule has 0 aromatic carbocycles. The van der Waals surface area contributed by atoms with E-state index in [4.69, 9.17) is 5.73 Å². The Hall–Kier alpha value is -0.340. The molecule has 1 saturated carbocycles. The van der Waals surface area contributed by atoms with E-state index in [1.165, 1.54) is 4.31 Å². The quantitative estimate of drug-likeness (QED) is 0.782. The summed E-state index contributed by atoms with van der Waals surface area (Å²) in [5, 5.41) is 0. The van der Waals surface area contributed by atoms with Crippen LogP contribution in [0, 0.1) is 5.92 Å². The fourth-order valence-corrected chi connectivity index (χ4v) is 4.71. The average molecular weight is 316 g/mol. The van der Waals surface area contributed by atoms with Gasteiger partial charge in [-0.2, -0.15) is 17.5 Å². The lowest BCUT2D eigenvalue weighted by molar-refractivity contribution is -0.134. The fourth-order valence-electron chi connectivity index (χ4n) is 2.88. The van der Waals surface area contributed by atoms with Gasteiger partial charge in [0.25, 0.3) is 0 Å². The van der Waals surface area contributed by atoms with Gasteiger partial charge in [-0.05, 0) is 31.7 Å². The van der Waals surface area contributed by atoms with E-state index in [1.807, 2.05) is 0 Å². The number of rotatable bonds is 7. The van der Waals surface area contributed by atoms with Gasteiger partial charge in [-0.1, -0.05) is 13.3 Å². The molecular weight excluding hydrogens is 293 g/mol. The molecule has 1 aliphatic rings. The highest BCUT2D eigenvalue weighted by Gasteiger charge is 2.37. The van der Waals surface area contributed by atoms with Crippen molar-refractivity contribution in [2.45, 2.75) is 51.2 Å². The van der Waals surface area contributed by atoms with Gasteiger partial charge in [0.15, 0.2) is 0 Å². The third kappa shape index (κ3) is 4.89. The summed E-state index contributed by atoms with van der Waals surface area (Å²) in [5.74, 6) is -0.332. The number of sulfonamides is 1. The van der Waals surface area contributed by atoms with Crippen molar-refractivity contribution in [2.24, 2.45) is 11.7 Å². The van der Waals surface area contributed by atoms with Crippen LogP contribution >= 0.6 is 0 Å². The summed E-state index contributed by atoms with van der Waals surface area (Å²) in [6.07, 6.45) is -3.21. The SMILES string of the molecule is CCN(C1CCCC1CN)S(=O)(=O)CCCC(F)(F)F. The molecule has 1 fully saturated rings. The van der Waals surface area contributed by atoms with Crippen molar-refractivity contribution < 1.29 is 21.6 Å². The lowest BCUT2D eigenvalue weighted by Crippen LogP contribution is -2.45. The molecule has 8 heteroatoms. The summed E-state index contributed by atoms with van der Waals surface area (Å²) >= 11 is 0. The second kappa shape index (κ2) is 7.09. The van der Waals surface area contributed by atoms with Gasteiger partial charge in [0, 0.05) is 19.0 Å². The molecule has 2 unspecified atom stereocenters. The van der Waals surface area contributed by atoms with Crippen LogP contribution in [0.25, 0.3) is 0 Å². The number of nitrogens with zero attached hydrogens (tertiary/aromatic N) is 1. The average Bonchev–Trinajstić information content (AvgIpc) is 2.75. The molecular formula is C12H23F3N2O2S. The van der Waals surface area contributed by atoms with Crippen molar-refractivity contribution >= 4 is 10.0 Å². The van der Waals surface area contributed by atoms with Crippen molar-refractivity contribution in [3.05, 3.63) is 0 Å². The molecule has 2 atom stereocenters. The molecule has 1 rings (SSSR count). The highest BCUT2D eigenvalue weighted by Crippen LogP contribution is 2.31. The van der Waals surface area contributed by atoms with Crippen LogP contribution in [-0.2, 0) is 10.0 Å². The molecule has 1 aliphatic carbocycles. The van der Waals surface area contributed by atoms with Crippen molar-refractivity contribution in [1.29, 1.82) is 0 Å². The van der Waals surface area contributed by atoms with Crippen molar-refractivity contribution in [3.63, 3.8) is 0 Å². The second-order valence-corrected chi connectivity index (χ2v) is 7.27. The van der Waals surface area contributed by atoms with Crippen LogP contribution < -0.4 is 5.73 Å². The molecule has 2 N–H and O–H groups in total. The zero-order valence-corrected chi connectivity index (χ0v) is 12.5. The summed E-state index contributed by atoms with van der Waals surface area (Å²) in [6, 6.07) is -0.152. The predicted molar refractivity (Wildman–Crippen MR) is 71.6 cm³/mol. The summed E-state index contributed by atoms with van der Waals surface area (Å²) in [5.41, 5.74) is 5.65. The Bertz CT molecular complexity index is 398. The molecule has 20 heavy (non-hydrogen) atoms. The molecule has 0 radical (unpaired) electrons. The third-order valence-electron chi connectivity index (χ3n) is 3.82. The zero-order chi connectivity index (χ0) is 15.4. The first-order chi connectivity index (χ1) is 9.21. The van der Waals surface area contributed by atoms with E-state index < -0.39 is 28.4 Å². The molecule has 0 aliphatic heterocycles. The number of hydrogen-bond acceptors (Lipinski definition) is 3. The van der Waals surface area contributed by atoms with Gasteiger partial charge >= 0.3 is 6.18 Å². The van der Waals surface area contributed by atoms with Crippen molar-refractivity contribution in [1.82, 2.24) is 4.31 Å². The van der Waals surface area contributed by atoms with Crippen LogP contribution in [0.5, 0.6) is 0 Å². The Balaban J connectivity index is 2.67. The van der Waals surface area contributed by atoms with Gasteiger partial charge in [-0.3, -0.25) is 0 Å². The van der Waals surface area contributed by atoms with E-state index in [0.29, 0.717) is 6.54 Å². The third-order valence-corrected chi connectivity index (χ3v) is 5.87. The maximum absolute atomic E-state index is 12.2. The van der Waals surface area contributed by atoms with E-state index in [1.54, 1.807) is 6.92 Å². The van der Waals surface area contributed by atoms with E-state index >= 15 is 0 Å². The Labute approximate surface area is 118 Å². The summed E-state index contributed by atoms with van der Waals surface area (Å²) in [6.45, 7) is 2.42. The molecule has 0 amide bonds. The van der Waals surface area contributed by atoms with E-state index in [0.717, 1.165) is 19.3 Å². The first-order valence-electron chi connectivity index (χ1n) is 6.97. The number of nitrogens with two attached hydrogens (primary N) is 1. The molecule has 0 aromatic rings. The van der Waals surface area contributed by atoms with Gasteiger partial charge in [0.2, 0.25) is 10.0 Å². The standard InChI is InChI=1S/C12H23F3N2O2S/c1-2-17(11-6-3-5-10(11)9-16)20(18,19)8-4-7-12(13,14)15/h10-11H,2-9,16H2,1H3. The number of halogens is 3. The molecule has 120 valence electrons. The van der Waals surface area contributed by atoms with Gasteiger partial charge in [0.1, 0.15) is 0 Å². The van der Waals surface area contributed by atoms with Crippen LogP contribution in [0.2, 0.25) is 0 Å². The van der Waals surface area contributed by atoms with E-state index in [-0.39, 0.29) is 24.9 Å². The normalized spacial score (nSPS) is 24.5. The smallest absolute Gasteiger partial charge is 0.330 e. The molecule has 0 bridgehead atoms. The molecule has 0 spiro atoms. The minimum Gasteiger partial charge on any atom is -0.330 e. The van der Waals surface area contributed by atoms with Crippen LogP contribution in [0.4, 0.5) is 13.2 Å². The van der Waals surface area contributed by atoms with Crippen molar-refractivity contribution in [2.75, 3.05) is 18.8 Å². The van der Waals surface area contributed by atoms with Crippen LogP contribution in [0.1, 0.15) is 39.0 Å². The maximum atomic E-state index is 12.2. The Kier molecular flexibility index (Phi) is 6.27. The molecule has 4 nitrogen and oxygen atoms in total. The number of alkyl halides is 3. The largest absolute Gasteiger partial charge is 0.389 e. The summed E-state index contributed by atoms with van der Waals surface area (Å²) in [7, 11) is -3.64. The number of hydrogen-bond donors (Lipinski definition) is 1. The molecule has 0 saturated heterocycles. The zero-order valence-electron chi connectivity index (χ0n) is 11.7. The van der Waals surface area contributed by atoms with Gasteiger partial charge in [-0.25, -0.2) is 8.42 Å².